The van der Waals surface area contributed by atoms with Crippen molar-refractivity contribution in [2.75, 3.05) is 10.6 Å². The van der Waals surface area contributed by atoms with Crippen LogP contribution in [0.25, 0.3) is 16.3 Å². The van der Waals surface area contributed by atoms with Crippen molar-refractivity contribution >= 4 is 50.3 Å². The van der Waals surface area contributed by atoms with E-state index >= 15 is 0 Å². The molecule has 2 aromatic heterocycles. The fraction of sp³-hybridized carbons (Fsp3) is 0.118. The lowest BCUT2D eigenvalue weighted by molar-refractivity contribution is -0.114. The zero-order valence-corrected chi connectivity index (χ0v) is 13.9. The van der Waals surface area contributed by atoms with Crippen LogP contribution in [0, 0.1) is 6.92 Å². The standard InChI is InChI=1S/C17H15N3O3S/c1-10-3-5-13(23-10)6-8-16(22)19-12-4-7-14-15(9-12)24-17(20-14)18-11(2)21/h3-9H,1-2H3,(H,19,22)(H,18,20,21)/b8-6+. The molecule has 6 nitrogen and oxygen atoms in total. The summed E-state index contributed by atoms with van der Waals surface area (Å²) in [5.74, 6) is 0.997. The predicted molar refractivity (Wildman–Crippen MR) is 95.0 cm³/mol. The molecule has 0 atom stereocenters. The van der Waals surface area contributed by atoms with Gasteiger partial charge in [-0.3, -0.25) is 9.59 Å². The number of hydrogen-bond acceptors (Lipinski definition) is 5. The van der Waals surface area contributed by atoms with Crippen molar-refractivity contribution in [3.05, 3.63) is 47.9 Å². The Labute approximate surface area is 142 Å². The van der Waals surface area contributed by atoms with Crippen molar-refractivity contribution in [1.29, 1.82) is 0 Å². The molecule has 0 unspecified atom stereocenters. The average Bonchev–Trinajstić information content (AvgIpc) is 3.09. The lowest BCUT2D eigenvalue weighted by Gasteiger charge is -2.01. The van der Waals surface area contributed by atoms with Crippen molar-refractivity contribution in [2.24, 2.45) is 0 Å². The second kappa shape index (κ2) is 6.67. The van der Waals surface area contributed by atoms with Gasteiger partial charge in [-0.05, 0) is 43.3 Å². The number of aromatic nitrogens is 1. The SMILES string of the molecule is CC(=O)Nc1nc2ccc(NC(=O)/C=C/c3ccc(C)o3)cc2s1. The number of nitrogens with zero attached hydrogens (tertiary/aromatic N) is 1. The number of aryl methyl sites for hydroxylation is 1. The number of hydrogen-bond donors (Lipinski definition) is 2. The maximum Gasteiger partial charge on any atom is 0.248 e. The fourth-order valence-electron chi connectivity index (χ4n) is 2.09. The predicted octanol–water partition coefficient (Wildman–Crippen LogP) is 3.81. The third kappa shape index (κ3) is 3.88. The molecule has 0 bridgehead atoms. The molecule has 122 valence electrons. The minimum absolute atomic E-state index is 0.166. The normalized spacial score (nSPS) is 11.1. The molecule has 0 spiro atoms. The molecule has 3 rings (SSSR count). The third-order valence-corrected chi connectivity index (χ3v) is 4.03. The summed E-state index contributed by atoms with van der Waals surface area (Å²) in [6, 6.07) is 9.02. The van der Waals surface area contributed by atoms with Gasteiger partial charge in [-0.15, -0.1) is 0 Å². The molecular formula is C17H15N3O3S. The number of furan rings is 1. The first kappa shape index (κ1) is 15.9. The van der Waals surface area contributed by atoms with E-state index in [1.54, 1.807) is 24.3 Å². The summed E-state index contributed by atoms with van der Waals surface area (Å²) in [6.07, 6.45) is 3.03. The minimum Gasteiger partial charge on any atom is -0.462 e. The number of benzene rings is 1. The second-order valence-electron chi connectivity index (χ2n) is 5.15. The molecular weight excluding hydrogens is 326 g/mol. The van der Waals surface area contributed by atoms with Crippen molar-refractivity contribution in [1.82, 2.24) is 4.98 Å². The van der Waals surface area contributed by atoms with Crippen LogP contribution >= 0.6 is 11.3 Å². The van der Waals surface area contributed by atoms with E-state index < -0.39 is 0 Å². The molecule has 2 N–H and O–H groups in total. The van der Waals surface area contributed by atoms with E-state index in [4.69, 9.17) is 4.42 Å². The maximum absolute atomic E-state index is 12.0. The van der Waals surface area contributed by atoms with Crippen LogP contribution in [-0.4, -0.2) is 16.8 Å². The lowest BCUT2D eigenvalue weighted by Crippen LogP contribution is -2.07. The third-order valence-electron chi connectivity index (χ3n) is 3.10. The fourth-order valence-corrected chi connectivity index (χ4v) is 3.04. The van der Waals surface area contributed by atoms with E-state index in [-0.39, 0.29) is 11.8 Å². The molecule has 0 saturated carbocycles. The Balaban J connectivity index is 1.71. The van der Waals surface area contributed by atoms with Gasteiger partial charge in [0.05, 0.1) is 10.2 Å². The Morgan fingerprint density at radius 1 is 1.21 bits per heavy atom. The van der Waals surface area contributed by atoms with Gasteiger partial charge in [0, 0.05) is 18.7 Å². The van der Waals surface area contributed by atoms with Crippen molar-refractivity contribution in [3.8, 4) is 0 Å². The van der Waals surface area contributed by atoms with Gasteiger partial charge in [0.25, 0.3) is 0 Å². The van der Waals surface area contributed by atoms with Crippen molar-refractivity contribution < 1.29 is 14.0 Å². The molecule has 0 aliphatic heterocycles. The minimum atomic E-state index is -0.255. The number of amides is 2. The molecule has 24 heavy (non-hydrogen) atoms. The summed E-state index contributed by atoms with van der Waals surface area (Å²) in [5.41, 5.74) is 1.43. The molecule has 0 aliphatic carbocycles. The number of carbonyl (C=O) groups is 2. The van der Waals surface area contributed by atoms with Crippen LogP contribution in [0.4, 0.5) is 10.8 Å². The van der Waals surface area contributed by atoms with E-state index in [1.807, 2.05) is 19.1 Å². The lowest BCUT2D eigenvalue weighted by atomic mass is 10.3. The van der Waals surface area contributed by atoms with Gasteiger partial charge in [-0.2, -0.15) is 0 Å². The molecule has 1 aromatic carbocycles. The molecule has 3 aromatic rings. The summed E-state index contributed by atoms with van der Waals surface area (Å²) >= 11 is 1.35. The van der Waals surface area contributed by atoms with E-state index in [0.29, 0.717) is 16.6 Å². The Morgan fingerprint density at radius 3 is 2.75 bits per heavy atom. The number of thiazole rings is 1. The Kier molecular flexibility index (Phi) is 4.43. The highest BCUT2D eigenvalue weighted by Gasteiger charge is 2.07. The van der Waals surface area contributed by atoms with Gasteiger partial charge >= 0.3 is 0 Å². The first-order valence-electron chi connectivity index (χ1n) is 7.23. The zero-order chi connectivity index (χ0) is 17.1. The van der Waals surface area contributed by atoms with Crippen LogP contribution in [0.1, 0.15) is 18.4 Å². The highest BCUT2D eigenvalue weighted by Crippen LogP contribution is 2.28. The zero-order valence-electron chi connectivity index (χ0n) is 13.1. The van der Waals surface area contributed by atoms with Crippen LogP contribution in [0.15, 0.2) is 40.8 Å². The van der Waals surface area contributed by atoms with Gasteiger partial charge in [0.15, 0.2) is 5.13 Å². The molecule has 0 radical (unpaired) electrons. The van der Waals surface area contributed by atoms with Gasteiger partial charge < -0.3 is 15.1 Å². The topological polar surface area (TPSA) is 84.2 Å². The highest BCUT2D eigenvalue weighted by molar-refractivity contribution is 7.22. The monoisotopic (exact) mass is 341 g/mol. The molecule has 0 fully saturated rings. The molecule has 0 aliphatic rings. The van der Waals surface area contributed by atoms with E-state index in [9.17, 15) is 9.59 Å². The first-order valence-corrected chi connectivity index (χ1v) is 8.05. The Bertz CT molecular complexity index is 940. The average molecular weight is 341 g/mol. The van der Waals surface area contributed by atoms with E-state index in [2.05, 4.69) is 15.6 Å². The largest absolute Gasteiger partial charge is 0.462 e. The van der Waals surface area contributed by atoms with Gasteiger partial charge in [-0.1, -0.05) is 11.3 Å². The summed E-state index contributed by atoms with van der Waals surface area (Å²) in [5, 5.41) is 5.98. The van der Waals surface area contributed by atoms with Gasteiger partial charge in [0.2, 0.25) is 11.8 Å². The summed E-state index contributed by atoms with van der Waals surface area (Å²) < 4.78 is 6.25. The van der Waals surface area contributed by atoms with Crippen molar-refractivity contribution in [2.45, 2.75) is 13.8 Å². The number of carbonyl (C=O) groups excluding carboxylic acids is 2. The first-order chi connectivity index (χ1) is 11.5. The molecule has 7 heteroatoms. The molecule has 0 saturated heterocycles. The number of fused-ring (bicyclic) bond motifs is 1. The molecule has 2 amide bonds. The van der Waals surface area contributed by atoms with Crippen LogP contribution in [0.5, 0.6) is 0 Å². The quantitative estimate of drug-likeness (QED) is 0.707. The van der Waals surface area contributed by atoms with Gasteiger partial charge in [0.1, 0.15) is 11.5 Å². The van der Waals surface area contributed by atoms with Crippen LogP contribution in [-0.2, 0) is 9.59 Å². The number of nitrogens with one attached hydrogen (secondary N) is 2. The Morgan fingerprint density at radius 2 is 2.04 bits per heavy atom. The van der Waals surface area contributed by atoms with Crippen LogP contribution in [0.3, 0.4) is 0 Å². The maximum atomic E-state index is 12.0. The van der Waals surface area contributed by atoms with Gasteiger partial charge in [-0.25, -0.2) is 4.98 Å². The van der Waals surface area contributed by atoms with E-state index in [0.717, 1.165) is 16.0 Å². The number of rotatable bonds is 4. The summed E-state index contributed by atoms with van der Waals surface area (Å²) in [6.45, 7) is 3.28. The smallest absolute Gasteiger partial charge is 0.248 e. The molecule has 2 heterocycles. The highest BCUT2D eigenvalue weighted by atomic mass is 32.1. The summed E-state index contributed by atoms with van der Waals surface area (Å²) in [4.78, 5) is 27.3. The second-order valence-corrected chi connectivity index (χ2v) is 6.18. The Hall–Kier alpha value is -2.93. The van der Waals surface area contributed by atoms with E-state index in [1.165, 1.54) is 24.3 Å². The summed E-state index contributed by atoms with van der Waals surface area (Å²) in [7, 11) is 0. The number of anilines is 2. The van der Waals surface area contributed by atoms with Crippen LogP contribution < -0.4 is 10.6 Å². The van der Waals surface area contributed by atoms with Crippen molar-refractivity contribution in [3.63, 3.8) is 0 Å². The van der Waals surface area contributed by atoms with Crippen LogP contribution in [0.2, 0.25) is 0 Å².